The number of rotatable bonds is 5. The molecule has 138 valence electrons. The summed E-state index contributed by atoms with van der Waals surface area (Å²) in [6.07, 6.45) is 4.70. The van der Waals surface area contributed by atoms with Crippen LogP contribution in [0.1, 0.15) is 18.7 Å². The summed E-state index contributed by atoms with van der Waals surface area (Å²) in [7, 11) is 1.92. The molecule has 7 nitrogen and oxygen atoms in total. The van der Waals surface area contributed by atoms with Crippen molar-refractivity contribution in [1.82, 2.24) is 14.5 Å². The number of hydrogen-bond acceptors (Lipinski definition) is 5. The Kier molecular flexibility index (Phi) is 4.79. The Morgan fingerprint density at radius 3 is 2.92 bits per heavy atom. The number of hydrogen-bond donors (Lipinski definition) is 0. The van der Waals surface area contributed by atoms with Crippen molar-refractivity contribution < 1.29 is 19.0 Å². The van der Waals surface area contributed by atoms with Crippen molar-refractivity contribution in [3.8, 4) is 11.5 Å². The molecule has 26 heavy (non-hydrogen) atoms. The first-order valence-corrected chi connectivity index (χ1v) is 8.96. The van der Waals surface area contributed by atoms with Gasteiger partial charge >= 0.3 is 0 Å². The molecule has 2 aliphatic rings. The third kappa shape index (κ3) is 3.53. The highest BCUT2D eigenvalue weighted by molar-refractivity contribution is 5.81. The van der Waals surface area contributed by atoms with Gasteiger partial charge in [-0.05, 0) is 25.0 Å². The number of imidazole rings is 1. The van der Waals surface area contributed by atoms with E-state index in [4.69, 9.17) is 14.2 Å². The summed E-state index contributed by atoms with van der Waals surface area (Å²) in [4.78, 5) is 19.1. The number of ether oxygens (including phenoxy) is 3. The van der Waals surface area contributed by atoms with Crippen LogP contribution in [-0.2, 0) is 23.1 Å². The van der Waals surface area contributed by atoms with Gasteiger partial charge in [-0.3, -0.25) is 4.79 Å². The van der Waals surface area contributed by atoms with Gasteiger partial charge in [0.25, 0.3) is 5.91 Å². The van der Waals surface area contributed by atoms with E-state index in [2.05, 4.69) is 4.98 Å². The predicted octanol–water partition coefficient (Wildman–Crippen LogP) is 1.77. The zero-order valence-electron chi connectivity index (χ0n) is 14.8. The molecule has 7 heteroatoms. The number of para-hydroxylation sites is 2. The van der Waals surface area contributed by atoms with Crippen LogP contribution >= 0.6 is 0 Å². The Morgan fingerprint density at radius 2 is 2.19 bits per heavy atom. The molecule has 2 aromatic rings. The van der Waals surface area contributed by atoms with Crippen molar-refractivity contribution in [2.45, 2.75) is 31.6 Å². The van der Waals surface area contributed by atoms with E-state index in [9.17, 15) is 4.79 Å². The number of carbonyl (C=O) groups is 1. The number of nitrogens with zero attached hydrogens (tertiary/aromatic N) is 3. The third-order valence-electron chi connectivity index (χ3n) is 4.76. The predicted molar refractivity (Wildman–Crippen MR) is 94.0 cm³/mol. The molecular formula is C19H23N3O4. The molecule has 4 rings (SSSR count). The van der Waals surface area contributed by atoms with Crippen molar-refractivity contribution in [3.63, 3.8) is 0 Å². The van der Waals surface area contributed by atoms with Crippen LogP contribution < -0.4 is 9.47 Å². The molecule has 0 spiro atoms. The molecule has 0 N–H and O–H groups in total. The molecule has 0 aliphatic carbocycles. The number of aromatic nitrogens is 2. The van der Waals surface area contributed by atoms with E-state index in [1.165, 1.54) is 0 Å². The summed E-state index contributed by atoms with van der Waals surface area (Å²) in [5.74, 6) is 2.27. The average Bonchev–Trinajstić information content (AvgIpc) is 3.33. The molecule has 3 heterocycles. The maximum absolute atomic E-state index is 13.0. The van der Waals surface area contributed by atoms with Crippen molar-refractivity contribution in [2.75, 3.05) is 19.8 Å². The van der Waals surface area contributed by atoms with Gasteiger partial charge in [0, 0.05) is 26.0 Å². The van der Waals surface area contributed by atoms with Gasteiger partial charge in [-0.1, -0.05) is 12.1 Å². The standard InChI is InChI=1S/C19H23N3O4/c1-21-9-8-20-18(21)12-22(19(23)17-7-4-10-24-17)11-14-13-25-15-5-2-3-6-16(15)26-14/h2-3,5-6,8-9,14,17H,4,7,10-13H2,1H3/t14-,17-/m1/s1. The molecule has 2 atom stereocenters. The van der Waals surface area contributed by atoms with Crippen LogP contribution in [0.3, 0.4) is 0 Å². The van der Waals surface area contributed by atoms with Gasteiger partial charge in [-0.2, -0.15) is 0 Å². The Morgan fingerprint density at radius 1 is 1.35 bits per heavy atom. The molecule has 0 unspecified atom stereocenters. The van der Waals surface area contributed by atoms with E-state index in [0.29, 0.717) is 32.1 Å². The number of carbonyl (C=O) groups excluding carboxylic acids is 1. The molecule has 1 fully saturated rings. The zero-order chi connectivity index (χ0) is 17.9. The lowest BCUT2D eigenvalue weighted by Gasteiger charge is -2.32. The minimum atomic E-state index is -0.368. The normalized spacial score (nSPS) is 21.6. The second kappa shape index (κ2) is 7.37. The van der Waals surface area contributed by atoms with Crippen LogP contribution in [0.5, 0.6) is 11.5 Å². The minimum Gasteiger partial charge on any atom is -0.486 e. The fourth-order valence-electron chi connectivity index (χ4n) is 3.33. The van der Waals surface area contributed by atoms with Crippen LogP contribution in [0.15, 0.2) is 36.7 Å². The third-order valence-corrected chi connectivity index (χ3v) is 4.76. The summed E-state index contributed by atoms with van der Waals surface area (Å²) >= 11 is 0. The summed E-state index contributed by atoms with van der Waals surface area (Å²) < 4.78 is 19.3. The van der Waals surface area contributed by atoms with Crippen LogP contribution in [0.25, 0.3) is 0 Å². The highest BCUT2D eigenvalue weighted by Gasteiger charge is 2.32. The van der Waals surface area contributed by atoms with E-state index in [0.717, 1.165) is 24.4 Å². The molecule has 1 saturated heterocycles. The van der Waals surface area contributed by atoms with Crippen molar-refractivity contribution in [3.05, 3.63) is 42.5 Å². The quantitative estimate of drug-likeness (QED) is 0.816. The SMILES string of the molecule is Cn1ccnc1CN(C[C@@H]1COc2ccccc2O1)C(=O)[C@H]1CCCO1. The van der Waals surface area contributed by atoms with E-state index in [1.807, 2.05) is 42.1 Å². The summed E-state index contributed by atoms with van der Waals surface area (Å²) in [6.45, 7) is 1.90. The number of fused-ring (bicyclic) bond motifs is 1. The zero-order valence-corrected chi connectivity index (χ0v) is 14.8. The van der Waals surface area contributed by atoms with Crippen LogP contribution in [0, 0.1) is 0 Å². The molecule has 0 saturated carbocycles. The first-order valence-electron chi connectivity index (χ1n) is 8.96. The second-order valence-corrected chi connectivity index (χ2v) is 6.67. The first kappa shape index (κ1) is 16.9. The van der Waals surface area contributed by atoms with Gasteiger partial charge in [-0.25, -0.2) is 4.98 Å². The van der Waals surface area contributed by atoms with Gasteiger partial charge in [0.2, 0.25) is 0 Å². The monoisotopic (exact) mass is 357 g/mol. The fraction of sp³-hybridized carbons (Fsp3) is 0.474. The van der Waals surface area contributed by atoms with Gasteiger partial charge in [0.05, 0.1) is 13.1 Å². The summed E-state index contributed by atoms with van der Waals surface area (Å²) in [5, 5.41) is 0. The molecule has 2 aliphatic heterocycles. The molecule has 0 bridgehead atoms. The fourth-order valence-corrected chi connectivity index (χ4v) is 3.33. The molecular weight excluding hydrogens is 334 g/mol. The Labute approximate surface area is 152 Å². The van der Waals surface area contributed by atoms with E-state index >= 15 is 0 Å². The number of aryl methyl sites for hydroxylation is 1. The number of benzene rings is 1. The average molecular weight is 357 g/mol. The molecule has 1 amide bonds. The maximum Gasteiger partial charge on any atom is 0.252 e. The van der Waals surface area contributed by atoms with Gasteiger partial charge in [-0.15, -0.1) is 0 Å². The Bertz CT molecular complexity index is 770. The van der Waals surface area contributed by atoms with Gasteiger partial charge in [0.15, 0.2) is 17.6 Å². The minimum absolute atomic E-state index is 0.00652. The maximum atomic E-state index is 13.0. The highest BCUT2D eigenvalue weighted by atomic mass is 16.6. The lowest BCUT2D eigenvalue weighted by Crippen LogP contribution is -2.47. The Hall–Kier alpha value is -2.54. The van der Waals surface area contributed by atoms with Gasteiger partial charge in [0.1, 0.15) is 18.5 Å². The smallest absolute Gasteiger partial charge is 0.252 e. The number of amides is 1. The summed E-state index contributed by atoms with van der Waals surface area (Å²) in [6, 6.07) is 7.59. The lowest BCUT2D eigenvalue weighted by atomic mass is 10.2. The molecule has 1 aromatic heterocycles. The van der Waals surface area contributed by atoms with Crippen molar-refractivity contribution >= 4 is 5.91 Å². The van der Waals surface area contributed by atoms with E-state index < -0.39 is 0 Å². The highest BCUT2D eigenvalue weighted by Crippen LogP contribution is 2.31. The van der Waals surface area contributed by atoms with Crippen molar-refractivity contribution in [2.24, 2.45) is 7.05 Å². The van der Waals surface area contributed by atoms with Crippen molar-refractivity contribution in [1.29, 1.82) is 0 Å². The Balaban J connectivity index is 1.49. The van der Waals surface area contributed by atoms with E-state index in [-0.39, 0.29) is 18.1 Å². The van der Waals surface area contributed by atoms with Gasteiger partial charge < -0.3 is 23.7 Å². The lowest BCUT2D eigenvalue weighted by molar-refractivity contribution is -0.143. The topological polar surface area (TPSA) is 65.8 Å². The van der Waals surface area contributed by atoms with Crippen LogP contribution in [-0.4, -0.2) is 52.3 Å². The summed E-state index contributed by atoms with van der Waals surface area (Å²) in [5.41, 5.74) is 0. The second-order valence-electron chi connectivity index (χ2n) is 6.67. The van der Waals surface area contributed by atoms with Crippen LogP contribution in [0.2, 0.25) is 0 Å². The first-order chi connectivity index (χ1) is 12.7. The molecule has 0 radical (unpaired) electrons. The molecule has 1 aromatic carbocycles. The largest absolute Gasteiger partial charge is 0.486 e. The van der Waals surface area contributed by atoms with Crippen LogP contribution in [0.4, 0.5) is 0 Å². The van der Waals surface area contributed by atoms with E-state index in [1.54, 1.807) is 11.1 Å².